The normalized spacial score (nSPS) is 15.9. The molecule has 150 valence electrons. The van der Waals surface area contributed by atoms with Gasteiger partial charge in [-0.3, -0.25) is 4.90 Å². The SMILES string of the molecule is Cc1cc(C(Nc2cccc(CN3CC(OC(=O)O)C3)c2)C(C)C)ccc1Cl. The molecule has 2 N–H and O–H groups in total. The van der Waals surface area contributed by atoms with E-state index in [-0.39, 0.29) is 12.1 Å². The predicted molar refractivity (Wildman–Crippen MR) is 112 cm³/mol. The minimum Gasteiger partial charge on any atom is -0.450 e. The fraction of sp³-hybridized carbons (Fsp3) is 0.409. The maximum absolute atomic E-state index is 10.6. The number of benzene rings is 2. The number of aryl methyl sites for hydroxylation is 1. The first kappa shape index (κ1) is 20.5. The average molecular weight is 403 g/mol. The minimum atomic E-state index is -1.20. The summed E-state index contributed by atoms with van der Waals surface area (Å²) in [5, 5.41) is 13.1. The largest absolute Gasteiger partial charge is 0.506 e. The van der Waals surface area contributed by atoms with Crippen LogP contribution in [0.25, 0.3) is 0 Å². The first-order valence-corrected chi connectivity index (χ1v) is 9.93. The highest BCUT2D eigenvalue weighted by Gasteiger charge is 2.29. The average Bonchev–Trinajstić information content (AvgIpc) is 2.60. The highest BCUT2D eigenvalue weighted by molar-refractivity contribution is 6.31. The summed E-state index contributed by atoms with van der Waals surface area (Å²) in [6.45, 7) is 8.49. The number of ether oxygens (including phenoxy) is 1. The van der Waals surface area contributed by atoms with E-state index in [9.17, 15) is 4.79 Å². The van der Waals surface area contributed by atoms with Gasteiger partial charge >= 0.3 is 6.16 Å². The number of hydrogen-bond acceptors (Lipinski definition) is 4. The molecule has 0 aliphatic carbocycles. The molecule has 0 bridgehead atoms. The van der Waals surface area contributed by atoms with Gasteiger partial charge in [-0.1, -0.05) is 49.7 Å². The van der Waals surface area contributed by atoms with Gasteiger partial charge in [-0.25, -0.2) is 4.79 Å². The molecule has 1 aliphatic heterocycles. The quantitative estimate of drug-likeness (QED) is 0.612. The predicted octanol–water partition coefficient (Wildman–Crippen LogP) is 5.34. The van der Waals surface area contributed by atoms with Crippen molar-refractivity contribution in [3.8, 4) is 0 Å². The molecule has 1 heterocycles. The Morgan fingerprint density at radius 2 is 2.04 bits per heavy atom. The number of nitrogens with zero attached hydrogens (tertiary/aromatic N) is 1. The molecule has 0 saturated carbocycles. The molecular formula is C22H27ClN2O3. The van der Waals surface area contributed by atoms with Gasteiger partial charge in [0.1, 0.15) is 6.10 Å². The zero-order valence-corrected chi connectivity index (χ0v) is 17.2. The molecule has 6 heteroatoms. The van der Waals surface area contributed by atoms with Gasteiger partial charge in [0.2, 0.25) is 0 Å². The van der Waals surface area contributed by atoms with E-state index in [4.69, 9.17) is 21.4 Å². The summed E-state index contributed by atoms with van der Waals surface area (Å²) in [7, 11) is 0. The summed E-state index contributed by atoms with van der Waals surface area (Å²) in [6, 6.07) is 14.7. The van der Waals surface area contributed by atoms with Crippen LogP contribution in [0.2, 0.25) is 5.02 Å². The van der Waals surface area contributed by atoms with Crippen LogP contribution in [-0.2, 0) is 11.3 Å². The number of carbonyl (C=O) groups is 1. The number of carboxylic acid groups (broad SMARTS) is 1. The zero-order chi connectivity index (χ0) is 20.3. The van der Waals surface area contributed by atoms with Crippen molar-refractivity contribution in [1.29, 1.82) is 0 Å². The van der Waals surface area contributed by atoms with E-state index in [2.05, 4.69) is 54.4 Å². The second kappa shape index (κ2) is 8.84. The lowest BCUT2D eigenvalue weighted by molar-refractivity contribution is -0.0363. The van der Waals surface area contributed by atoms with Crippen LogP contribution in [-0.4, -0.2) is 35.4 Å². The van der Waals surface area contributed by atoms with Crippen LogP contribution in [0.4, 0.5) is 10.5 Å². The van der Waals surface area contributed by atoms with Crippen LogP contribution in [0, 0.1) is 12.8 Å². The van der Waals surface area contributed by atoms with Crippen molar-refractivity contribution in [2.24, 2.45) is 5.92 Å². The summed E-state index contributed by atoms with van der Waals surface area (Å²) in [5.41, 5.74) is 4.56. The number of likely N-dealkylation sites (tertiary alicyclic amines) is 1. The van der Waals surface area contributed by atoms with Crippen molar-refractivity contribution in [1.82, 2.24) is 4.90 Å². The van der Waals surface area contributed by atoms with Gasteiger partial charge in [0, 0.05) is 30.3 Å². The van der Waals surface area contributed by atoms with E-state index < -0.39 is 6.16 Å². The first-order valence-electron chi connectivity index (χ1n) is 9.55. The maximum Gasteiger partial charge on any atom is 0.506 e. The van der Waals surface area contributed by atoms with E-state index in [1.807, 2.05) is 19.1 Å². The lowest BCUT2D eigenvalue weighted by atomic mass is 9.94. The lowest BCUT2D eigenvalue weighted by Gasteiger charge is -2.37. The monoisotopic (exact) mass is 402 g/mol. The Labute approximate surface area is 171 Å². The van der Waals surface area contributed by atoms with E-state index in [1.165, 1.54) is 11.1 Å². The van der Waals surface area contributed by atoms with Crippen molar-refractivity contribution in [3.63, 3.8) is 0 Å². The molecule has 1 fully saturated rings. The third-order valence-corrected chi connectivity index (χ3v) is 5.48. The molecule has 5 nitrogen and oxygen atoms in total. The summed E-state index contributed by atoms with van der Waals surface area (Å²) in [6.07, 6.45) is -1.41. The molecule has 1 saturated heterocycles. The molecule has 1 atom stereocenters. The van der Waals surface area contributed by atoms with Crippen LogP contribution < -0.4 is 5.32 Å². The third-order valence-electron chi connectivity index (χ3n) is 5.05. The lowest BCUT2D eigenvalue weighted by Crippen LogP contribution is -2.52. The van der Waals surface area contributed by atoms with Crippen LogP contribution >= 0.6 is 11.6 Å². The van der Waals surface area contributed by atoms with E-state index in [0.29, 0.717) is 19.0 Å². The van der Waals surface area contributed by atoms with Crippen molar-refractivity contribution in [2.75, 3.05) is 18.4 Å². The topological polar surface area (TPSA) is 61.8 Å². The molecule has 0 aromatic heterocycles. The standard InChI is InChI=1S/C22H27ClN2O3/c1-14(2)21(17-7-8-20(23)15(3)9-17)24-18-6-4-5-16(10-18)11-25-12-19(13-25)28-22(26)27/h4-10,14,19,21,24H,11-13H2,1-3H3,(H,26,27). The Morgan fingerprint density at radius 1 is 1.29 bits per heavy atom. The molecule has 1 aliphatic rings. The highest BCUT2D eigenvalue weighted by atomic mass is 35.5. The summed E-state index contributed by atoms with van der Waals surface area (Å²) in [4.78, 5) is 12.7. The number of nitrogens with one attached hydrogen (secondary N) is 1. The number of halogens is 1. The number of rotatable bonds is 7. The van der Waals surface area contributed by atoms with Gasteiger partial charge in [-0.05, 0) is 47.7 Å². The minimum absolute atomic E-state index is 0.184. The van der Waals surface area contributed by atoms with Gasteiger partial charge in [0.25, 0.3) is 0 Å². The molecule has 2 aromatic rings. The van der Waals surface area contributed by atoms with E-state index >= 15 is 0 Å². The molecule has 28 heavy (non-hydrogen) atoms. The first-order chi connectivity index (χ1) is 13.3. The van der Waals surface area contributed by atoms with Crippen molar-refractivity contribution >= 4 is 23.4 Å². The molecule has 3 rings (SSSR count). The van der Waals surface area contributed by atoms with E-state index in [0.717, 1.165) is 22.8 Å². The van der Waals surface area contributed by atoms with E-state index in [1.54, 1.807) is 0 Å². The van der Waals surface area contributed by atoms with Crippen molar-refractivity contribution < 1.29 is 14.6 Å². The Hall–Kier alpha value is -2.24. The molecule has 0 spiro atoms. The van der Waals surface area contributed by atoms with Gasteiger partial charge in [0.15, 0.2) is 0 Å². The molecule has 0 radical (unpaired) electrons. The third kappa shape index (κ3) is 5.18. The smallest absolute Gasteiger partial charge is 0.450 e. The summed E-state index contributed by atoms with van der Waals surface area (Å²) < 4.78 is 4.78. The Kier molecular flexibility index (Phi) is 6.47. The fourth-order valence-electron chi connectivity index (χ4n) is 3.56. The van der Waals surface area contributed by atoms with Gasteiger partial charge in [0.05, 0.1) is 6.04 Å². The molecular weight excluding hydrogens is 376 g/mol. The van der Waals surface area contributed by atoms with Crippen LogP contribution in [0.5, 0.6) is 0 Å². The zero-order valence-electron chi connectivity index (χ0n) is 16.5. The van der Waals surface area contributed by atoms with Gasteiger partial charge < -0.3 is 15.2 Å². The molecule has 0 amide bonds. The van der Waals surface area contributed by atoms with Gasteiger partial charge in [-0.2, -0.15) is 0 Å². The Morgan fingerprint density at radius 3 is 2.68 bits per heavy atom. The maximum atomic E-state index is 10.6. The fourth-order valence-corrected chi connectivity index (χ4v) is 3.68. The summed E-state index contributed by atoms with van der Waals surface area (Å²) in [5.74, 6) is 0.411. The summed E-state index contributed by atoms with van der Waals surface area (Å²) >= 11 is 6.19. The van der Waals surface area contributed by atoms with Crippen molar-refractivity contribution in [3.05, 3.63) is 64.2 Å². The Bertz CT molecular complexity index is 834. The second-order valence-corrected chi connectivity index (χ2v) is 8.18. The number of anilines is 1. The molecule has 2 aromatic carbocycles. The Balaban J connectivity index is 1.65. The van der Waals surface area contributed by atoms with Gasteiger partial charge in [-0.15, -0.1) is 0 Å². The van der Waals surface area contributed by atoms with Crippen LogP contribution in [0.1, 0.15) is 36.6 Å². The number of hydrogen-bond donors (Lipinski definition) is 2. The van der Waals surface area contributed by atoms with Crippen LogP contribution in [0.3, 0.4) is 0 Å². The second-order valence-electron chi connectivity index (χ2n) is 7.77. The van der Waals surface area contributed by atoms with Crippen LogP contribution in [0.15, 0.2) is 42.5 Å². The van der Waals surface area contributed by atoms with Crippen molar-refractivity contribution in [2.45, 2.75) is 39.5 Å². The molecule has 1 unspecified atom stereocenters. The highest BCUT2D eigenvalue weighted by Crippen LogP contribution is 2.30.